The number of hydrogen-bond donors (Lipinski definition) is 3. The molecule has 1 saturated heterocycles. The van der Waals surface area contributed by atoms with Crippen LogP contribution in [-0.2, 0) is 0 Å². The number of nitrogens with one attached hydrogen (secondary N) is 2. The molecule has 1 aromatic carbocycles. The highest BCUT2D eigenvalue weighted by Crippen LogP contribution is 2.18. The van der Waals surface area contributed by atoms with Gasteiger partial charge in [-0.25, -0.2) is 4.39 Å². The summed E-state index contributed by atoms with van der Waals surface area (Å²) < 4.78 is 13.0. The molecule has 0 aromatic heterocycles. The zero-order valence-electron chi connectivity index (χ0n) is 9.37. The van der Waals surface area contributed by atoms with E-state index < -0.39 is 11.7 Å². The summed E-state index contributed by atoms with van der Waals surface area (Å²) >= 11 is 0. The number of halogens is 1. The van der Waals surface area contributed by atoms with Gasteiger partial charge in [-0.05, 0) is 37.6 Å². The van der Waals surface area contributed by atoms with Crippen LogP contribution in [0.2, 0.25) is 0 Å². The summed E-state index contributed by atoms with van der Waals surface area (Å²) in [7, 11) is 0. The average Bonchev–Trinajstić information content (AvgIpc) is 2.33. The SMILES string of the molecule is O=C(NC1CCCNC1)c1cc(F)ccc1O. The Morgan fingerprint density at radius 2 is 2.35 bits per heavy atom. The molecule has 3 N–H and O–H groups in total. The largest absolute Gasteiger partial charge is 0.507 e. The van der Waals surface area contributed by atoms with Gasteiger partial charge in [0.05, 0.1) is 5.56 Å². The third-order valence-corrected chi connectivity index (χ3v) is 2.84. The highest BCUT2D eigenvalue weighted by Gasteiger charge is 2.18. The van der Waals surface area contributed by atoms with Gasteiger partial charge in [-0.15, -0.1) is 0 Å². The van der Waals surface area contributed by atoms with Gasteiger partial charge in [0.2, 0.25) is 0 Å². The number of rotatable bonds is 2. The van der Waals surface area contributed by atoms with Crippen LogP contribution in [0.25, 0.3) is 0 Å². The van der Waals surface area contributed by atoms with E-state index in [1.807, 2.05) is 0 Å². The Morgan fingerprint density at radius 3 is 3.06 bits per heavy atom. The van der Waals surface area contributed by atoms with E-state index in [0.29, 0.717) is 6.54 Å². The Bertz CT molecular complexity index is 417. The molecule has 0 spiro atoms. The Morgan fingerprint density at radius 1 is 1.53 bits per heavy atom. The molecule has 1 aliphatic heterocycles. The summed E-state index contributed by atoms with van der Waals surface area (Å²) in [5, 5.41) is 15.4. The minimum Gasteiger partial charge on any atom is -0.507 e. The summed E-state index contributed by atoms with van der Waals surface area (Å²) in [5.74, 6) is -1.17. The maximum absolute atomic E-state index is 13.0. The smallest absolute Gasteiger partial charge is 0.255 e. The zero-order valence-corrected chi connectivity index (χ0v) is 9.37. The molecule has 0 bridgehead atoms. The number of hydrogen-bond acceptors (Lipinski definition) is 3. The Labute approximate surface area is 98.8 Å². The summed E-state index contributed by atoms with van der Waals surface area (Å²) in [6.45, 7) is 1.67. The van der Waals surface area contributed by atoms with Crippen LogP contribution in [0.3, 0.4) is 0 Å². The van der Waals surface area contributed by atoms with E-state index >= 15 is 0 Å². The van der Waals surface area contributed by atoms with Crippen LogP contribution < -0.4 is 10.6 Å². The van der Waals surface area contributed by atoms with Crippen molar-refractivity contribution in [1.82, 2.24) is 10.6 Å². The van der Waals surface area contributed by atoms with Crippen LogP contribution in [-0.4, -0.2) is 30.1 Å². The van der Waals surface area contributed by atoms with E-state index in [-0.39, 0.29) is 17.4 Å². The Balaban J connectivity index is 2.05. The van der Waals surface area contributed by atoms with Crippen molar-refractivity contribution >= 4 is 5.91 Å². The van der Waals surface area contributed by atoms with Crippen molar-refractivity contribution in [3.05, 3.63) is 29.6 Å². The van der Waals surface area contributed by atoms with Crippen LogP contribution in [0, 0.1) is 5.82 Å². The molecule has 2 rings (SSSR count). The first-order valence-corrected chi connectivity index (χ1v) is 5.67. The molecule has 4 nitrogen and oxygen atoms in total. The number of phenols is 1. The fourth-order valence-corrected chi connectivity index (χ4v) is 1.93. The predicted molar refractivity (Wildman–Crippen MR) is 61.4 cm³/mol. The second-order valence-electron chi connectivity index (χ2n) is 4.18. The van der Waals surface area contributed by atoms with Crippen molar-refractivity contribution in [2.75, 3.05) is 13.1 Å². The van der Waals surface area contributed by atoms with Crippen molar-refractivity contribution < 1.29 is 14.3 Å². The van der Waals surface area contributed by atoms with Crippen molar-refractivity contribution in [2.24, 2.45) is 0 Å². The summed E-state index contributed by atoms with van der Waals surface area (Å²) in [6, 6.07) is 3.39. The van der Waals surface area contributed by atoms with Crippen molar-refractivity contribution in [2.45, 2.75) is 18.9 Å². The molecule has 92 valence electrons. The molecule has 0 radical (unpaired) electrons. The van der Waals surface area contributed by atoms with Crippen molar-refractivity contribution in [3.63, 3.8) is 0 Å². The lowest BCUT2D eigenvalue weighted by Gasteiger charge is -2.23. The van der Waals surface area contributed by atoms with Gasteiger partial charge in [-0.3, -0.25) is 4.79 Å². The topological polar surface area (TPSA) is 61.4 Å². The van der Waals surface area contributed by atoms with Gasteiger partial charge in [0, 0.05) is 12.6 Å². The molecular formula is C12H15FN2O2. The van der Waals surface area contributed by atoms with Crippen molar-refractivity contribution in [1.29, 1.82) is 0 Å². The number of phenolic OH excluding ortho intramolecular Hbond substituents is 1. The first-order chi connectivity index (χ1) is 8.16. The highest BCUT2D eigenvalue weighted by molar-refractivity contribution is 5.97. The van der Waals surface area contributed by atoms with E-state index in [2.05, 4.69) is 10.6 Å². The lowest BCUT2D eigenvalue weighted by Crippen LogP contribution is -2.45. The fourth-order valence-electron chi connectivity index (χ4n) is 1.93. The Kier molecular flexibility index (Phi) is 3.58. The standard InChI is InChI=1S/C12H15FN2O2/c13-8-3-4-11(16)10(6-8)12(17)15-9-2-1-5-14-7-9/h3-4,6,9,14,16H,1-2,5,7H2,(H,15,17). The molecule has 5 heteroatoms. The minimum absolute atomic E-state index is 0.0180. The van der Waals surface area contributed by atoms with Crippen LogP contribution in [0.15, 0.2) is 18.2 Å². The number of amides is 1. The second kappa shape index (κ2) is 5.14. The lowest BCUT2D eigenvalue weighted by atomic mass is 10.1. The van der Waals surface area contributed by atoms with Gasteiger partial charge in [-0.1, -0.05) is 0 Å². The third kappa shape index (κ3) is 2.94. The number of carbonyl (C=O) groups excluding carboxylic acids is 1. The minimum atomic E-state index is -0.533. The van der Waals surface area contributed by atoms with Crippen LogP contribution in [0.1, 0.15) is 23.2 Å². The van der Waals surface area contributed by atoms with Gasteiger partial charge in [-0.2, -0.15) is 0 Å². The number of carbonyl (C=O) groups is 1. The Hall–Kier alpha value is -1.62. The van der Waals surface area contributed by atoms with Crippen LogP contribution in [0.5, 0.6) is 5.75 Å². The molecule has 1 amide bonds. The van der Waals surface area contributed by atoms with E-state index in [1.165, 1.54) is 6.07 Å². The fraction of sp³-hybridized carbons (Fsp3) is 0.417. The molecule has 0 aliphatic carbocycles. The van der Waals surface area contributed by atoms with E-state index in [9.17, 15) is 14.3 Å². The first-order valence-electron chi connectivity index (χ1n) is 5.67. The average molecular weight is 238 g/mol. The van der Waals surface area contributed by atoms with Gasteiger partial charge >= 0.3 is 0 Å². The van der Waals surface area contributed by atoms with Crippen LogP contribution >= 0.6 is 0 Å². The van der Waals surface area contributed by atoms with E-state index in [1.54, 1.807) is 0 Å². The van der Waals surface area contributed by atoms with Gasteiger partial charge in [0.15, 0.2) is 0 Å². The third-order valence-electron chi connectivity index (χ3n) is 2.84. The highest BCUT2D eigenvalue weighted by atomic mass is 19.1. The molecule has 1 aromatic rings. The maximum atomic E-state index is 13.0. The summed E-state index contributed by atoms with van der Waals surface area (Å²) in [6.07, 6.45) is 1.90. The molecule has 1 heterocycles. The summed E-state index contributed by atoms with van der Waals surface area (Å²) in [4.78, 5) is 11.8. The summed E-state index contributed by atoms with van der Waals surface area (Å²) in [5.41, 5.74) is -0.0180. The molecule has 1 atom stereocenters. The molecular weight excluding hydrogens is 223 g/mol. The van der Waals surface area contributed by atoms with Crippen LogP contribution in [0.4, 0.5) is 4.39 Å². The van der Waals surface area contributed by atoms with Gasteiger partial charge in [0.1, 0.15) is 11.6 Å². The molecule has 1 fully saturated rings. The van der Waals surface area contributed by atoms with E-state index in [0.717, 1.165) is 31.5 Å². The quantitative estimate of drug-likeness (QED) is 0.720. The van der Waals surface area contributed by atoms with Gasteiger partial charge in [0.25, 0.3) is 5.91 Å². The molecule has 0 saturated carbocycles. The van der Waals surface area contributed by atoms with Crippen molar-refractivity contribution in [3.8, 4) is 5.75 Å². The molecule has 17 heavy (non-hydrogen) atoms. The molecule has 1 unspecified atom stereocenters. The zero-order chi connectivity index (χ0) is 12.3. The van der Waals surface area contributed by atoms with E-state index in [4.69, 9.17) is 0 Å². The maximum Gasteiger partial charge on any atom is 0.255 e. The predicted octanol–water partition coefficient (Wildman–Crippen LogP) is 1.01. The molecule has 1 aliphatic rings. The number of benzene rings is 1. The number of piperidine rings is 1. The first kappa shape index (κ1) is 11.9. The number of aromatic hydroxyl groups is 1. The van der Waals surface area contributed by atoms with Gasteiger partial charge < -0.3 is 15.7 Å². The normalized spacial score (nSPS) is 19.9. The monoisotopic (exact) mass is 238 g/mol. The second-order valence-corrected chi connectivity index (χ2v) is 4.18. The lowest BCUT2D eigenvalue weighted by molar-refractivity contribution is 0.0927.